The molecular formula is C27H18Cl3NO5S. The fourth-order valence-electron chi connectivity index (χ4n) is 3.36. The van der Waals surface area contributed by atoms with E-state index in [9.17, 15) is 18.0 Å². The fourth-order valence-corrected chi connectivity index (χ4v) is 5.23. The second-order valence-electron chi connectivity index (χ2n) is 7.88. The van der Waals surface area contributed by atoms with Crippen LogP contribution in [0.25, 0.3) is 0 Å². The maximum absolute atomic E-state index is 13.7. The number of halogens is 3. The Labute approximate surface area is 229 Å². The van der Waals surface area contributed by atoms with E-state index in [-0.39, 0.29) is 27.5 Å². The molecule has 4 rings (SSSR count). The Hall–Kier alpha value is -3.36. The molecule has 0 radical (unpaired) electrons. The highest BCUT2D eigenvalue weighted by Crippen LogP contribution is 2.30. The number of carbonyl (C=O) groups is 2. The summed E-state index contributed by atoms with van der Waals surface area (Å²) in [5, 5.41) is 1.26. The van der Waals surface area contributed by atoms with E-state index in [4.69, 9.17) is 39.5 Å². The predicted molar refractivity (Wildman–Crippen MR) is 144 cm³/mol. The minimum atomic E-state index is -4.36. The third kappa shape index (κ3) is 5.97. The smallest absolute Gasteiger partial charge is 0.343 e. The number of hydrogen-bond donors (Lipinski definition) is 0. The van der Waals surface area contributed by atoms with Gasteiger partial charge in [-0.25, -0.2) is 13.2 Å². The van der Waals surface area contributed by atoms with Crippen molar-refractivity contribution in [3.63, 3.8) is 0 Å². The van der Waals surface area contributed by atoms with Crippen LogP contribution in [0.15, 0.2) is 95.9 Å². The molecule has 0 saturated carbocycles. The normalized spacial score (nSPS) is 11.1. The predicted octanol–water partition coefficient (Wildman–Crippen LogP) is 7.21. The Morgan fingerprint density at radius 1 is 0.730 bits per heavy atom. The molecule has 4 aromatic carbocycles. The van der Waals surface area contributed by atoms with Crippen LogP contribution in [0.1, 0.15) is 26.3 Å². The van der Waals surface area contributed by atoms with Crippen LogP contribution in [0.4, 0.5) is 5.69 Å². The Morgan fingerprint density at radius 2 is 1.27 bits per heavy atom. The van der Waals surface area contributed by atoms with Gasteiger partial charge in [-0.1, -0.05) is 34.8 Å². The molecule has 4 aromatic rings. The van der Waals surface area contributed by atoms with Crippen LogP contribution in [0.5, 0.6) is 5.75 Å². The van der Waals surface area contributed by atoms with Crippen molar-refractivity contribution in [1.82, 2.24) is 0 Å². The quantitative estimate of drug-likeness (QED) is 0.180. The Kier molecular flexibility index (Phi) is 7.90. The summed E-state index contributed by atoms with van der Waals surface area (Å²) >= 11 is 17.9. The van der Waals surface area contributed by atoms with Crippen LogP contribution >= 0.6 is 34.8 Å². The lowest BCUT2D eigenvalue weighted by molar-refractivity contribution is 0.0734. The first-order valence-electron chi connectivity index (χ1n) is 10.8. The van der Waals surface area contributed by atoms with Crippen LogP contribution in [-0.2, 0) is 10.0 Å². The van der Waals surface area contributed by atoms with Crippen molar-refractivity contribution in [2.45, 2.75) is 11.8 Å². The van der Waals surface area contributed by atoms with Crippen molar-refractivity contribution in [2.75, 3.05) is 4.31 Å². The number of carbonyl (C=O) groups excluding carboxylic acids is 2. The maximum Gasteiger partial charge on any atom is 0.343 e. The van der Waals surface area contributed by atoms with Crippen molar-refractivity contribution in [3.8, 4) is 5.75 Å². The van der Waals surface area contributed by atoms with Gasteiger partial charge in [-0.05, 0) is 103 Å². The van der Waals surface area contributed by atoms with Crippen molar-refractivity contribution in [1.29, 1.82) is 0 Å². The zero-order chi connectivity index (χ0) is 26.7. The SMILES string of the molecule is Cc1cc(S(=O)(=O)N(C(=O)c2ccc(Cl)cc2)c2ccc(OC(=O)c3ccc(Cl)cc3)cc2)ccc1Cl. The molecule has 0 spiro atoms. The lowest BCUT2D eigenvalue weighted by atomic mass is 10.2. The summed E-state index contributed by atoms with van der Waals surface area (Å²) in [4.78, 5) is 25.8. The van der Waals surface area contributed by atoms with Crippen molar-refractivity contribution in [3.05, 3.63) is 123 Å². The topological polar surface area (TPSA) is 80.8 Å². The highest BCUT2D eigenvalue weighted by atomic mass is 35.5. The molecule has 10 heteroatoms. The average molecular weight is 575 g/mol. The van der Waals surface area contributed by atoms with E-state index in [1.165, 1.54) is 78.9 Å². The van der Waals surface area contributed by atoms with E-state index < -0.39 is 21.9 Å². The number of anilines is 1. The van der Waals surface area contributed by atoms with Gasteiger partial charge in [-0.3, -0.25) is 4.79 Å². The Balaban J connectivity index is 1.71. The second-order valence-corrected chi connectivity index (χ2v) is 10.9. The van der Waals surface area contributed by atoms with Gasteiger partial charge in [0.15, 0.2) is 0 Å². The zero-order valence-corrected chi connectivity index (χ0v) is 22.3. The zero-order valence-electron chi connectivity index (χ0n) is 19.2. The molecule has 0 saturated heterocycles. The number of hydrogen-bond acceptors (Lipinski definition) is 5. The summed E-state index contributed by atoms with van der Waals surface area (Å²) in [5.41, 5.74) is 0.968. The van der Waals surface area contributed by atoms with Crippen LogP contribution in [0, 0.1) is 6.92 Å². The second kappa shape index (κ2) is 10.9. The van der Waals surface area contributed by atoms with E-state index in [1.54, 1.807) is 19.1 Å². The molecule has 0 aromatic heterocycles. The number of benzene rings is 4. The molecule has 0 aliphatic carbocycles. The number of esters is 1. The van der Waals surface area contributed by atoms with E-state index >= 15 is 0 Å². The van der Waals surface area contributed by atoms with E-state index in [0.717, 1.165) is 0 Å². The molecule has 0 aliphatic heterocycles. The minimum absolute atomic E-state index is 0.0406. The van der Waals surface area contributed by atoms with E-state index in [0.29, 0.717) is 24.9 Å². The van der Waals surface area contributed by atoms with Crippen LogP contribution in [-0.4, -0.2) is 20.3 Å². The van der Waals surface area contributed by atoms with Gasteiger partial charge in [0.1, 0.15) is 5.75 Å². The fraction of sp³-hybridized carbons (Fsp3) is 0.0370. The van der Waals surface area contributed by atoms with Gasteiger partial charge in [0.25, 0.3) is 15.9 Å². The molecule has 0 aliphatic rings. The van der Waals surface area contributed by atoms with E-state index in [2.05, 4.69) is 0 Å². The molecule has 0 fully saturated rings. The Morgan fingerprint density at radius 3 is 1.81 bits per heavy atom. The number of aryl methyl sites for hydroxylation is 1. The van der Waals surface area contributed by atoms with Gasteiger partial charge in [0.05, 0.1) is 16.1 Å². The number of nitrogens with zero attached hydrogens (tertiary/aromatic N) is 1. The highest BCUT2D eigenvalue weighted by molar-refractivity contribution is 7.93. The number of sulfonamides is 1. The lowest BCUT2D eigenvalue weighted by Gasteiger charge is -2.23. The first-order chi connectivity index (χ1) is 17.6. The third-order valence-corrected chi connectivity index (χ3v) is 7.94. The van der Waals surface area contributed by atoms with Crippen LogP contribution in [0.2, 0.25) is 15.1 Å². The molecule has 1 amide bonds. The molecule has 0 bridgehead atoms. The van der Waals surface area contributed by atoms with Gasteiger partial charge in [0.2, 0.25) is 0 Å². The summed E-state index contributed by atoms with van der Waals surface area (Å²) in [6, 6.07) is 21.7. The Bertz CT molecular complexity index is 1570. The molecule has 6 nitrogen and oxygen atoms in total. The van der Waals surface area contributed by atoms with E-state index in [1.807, 2.05) is 0 Å². The third-order valence-electron chi connectivity index (χ3n) is 5.30. The first-order valence-corrected chi connectivity index (χ1v) is 13.3. The molecule has 37 heavy (non-hydrogen) atoms. The number of ether oxygens (including phenoxy) is 1. The molecule has 0 atom stereocenters. The molecule has 0 heterocycles. The van der Waals surface area contributed by atoms with Crippen LogP contribution < -0.4 is 9.04 Å². The highest BCUT2D eigenvalue weighted by Gasteiger charge is 2.32. The maximum atomic E-state index is 13.7. The first kappa shape index (κ1) is 26.7. The van der Waals surface area contributed by atoms with Gasteiger partial charge >= 0.3 is 5.97 Å². The summed E-state index contributed by atoms with van der Waals surface area (Å²) in [5.74, 6) is -1.26. The molecule has 0 N–H and O–H groups in total. The largest absolute Gasteiger partial charge is 0.423 e. The van der Waals surface area contributed by atoms with Crippen molar-refractivity contribution in [2.24, 2.45) is 0 Å². The van der Waals surface area contributed by atoms with Gasteiger partial charge < -0.3 is 4.74 Å². The van der Waals surface area contributed by atoms with Gasteiger partial charge in [0, 0.05) is 20.6 Å². The standard InChI is InChI=1S/C27H18Cl3NO5S/c1-17-16-24(14-15-25(17)30)37(34,35)31(26(32)18-2-6-20(28)7-3-18)22-10-12-23(13-11-22)36-27(33)19-4-8-21(29)9-5-19/h2-16H,1H3. The molecular weight excluding hydrogens is 557 g/mol. The summed E-state index contributed by atoms with van der Waals surface area (Å²) in [7, 11) is -4.36. The minimum Gasteiger partial charge on any atom is -0.423 e. The summed E-state index contributed by atoms with van der Waals surface area (Å²) in [6.45, 7) is 1.66. The number of rotatable bonds is 6. The van der Waals surface area contributed by atoms with Crippen LogP contribution in [0.3, 0.4) is 0 Å². The molecule has 0 unspecified atom stereocenters. The number of amides is 1. The summed E-state index contributed by atoms with van der Waals surface area (Å²) < 4.78 is 33.4. The van der Waals surface area contributed by atoms with Crippen molar-refractivity contribution >= 4 is 62.4 Å². The summed E-state index contributed by atoms with van der Waals surface area (Å²) in [6.07, 6.45) is 0. The van der Waals surface area contributed by atoms with Gasteiger partial charge in [-0.15, -0.1) is 0 Å². The van der Waals surface area contributed by atoms with Crippen molar-refractivity contribution < 1.29 is 22.7 Å². The van der Waals surface area contributed by atoms with Gasteiger partial charge in [-0.2, -0.15) is 4.31 Å². The molecule has 188 valence electrons. The average Bonchev–Trinajstić information content (AvgIpc) is 2.87. The lowest BCUT2D eigenvalue weighted by Crippen LogP contribution is -2.37. The monoisotopic (exact) mass is 573 g/mol.